The average molecular weight is 586 g/mol. The lowest BCUT2D eigenvalue weighted by Gasteiger charge is -2.40. The summed E-state index contributed by atoms with van der Waals surface area (Å²) in [6, 6.07) is 1.38. The summed E-state index contributed by atoms with van der Waals surface area (Å²) in [5.74, 6) is 0.382. The van der Waals surface area contributed by atoms with Gasteiger partial charge in [0, 0.05) is 77.3 Å². The van der Waals surface area contributed by atoms with Gasteiger partial charge in [-0.25, -0.2) is 0 Å². The molecule has 0 aromatic carbocycles. The Morgan fingerprint density at radius 3 is 2.85 bits per heavy atom. The third-order valence-corrected chi connectivity index (χ3v) is 8.78. The van der Waals surface area contributed by atoms with Gasteiger partial charge in [-0.1, -0.05) is 13.8 Å². The van der Waals surface area contributed by atoms with Gasteiger partial charge in [0.25, 0.3) is 0 Å². The highest BCUT2D eigenvalue weighted by molar-refractivity contribution is 7.80. The van der Waals surface area contributed by atoms with E-state index in [0.29, 0.717) is 67.9 Å². The summed E-state index contributed by atoms with van der Waals surface area (Å²) in [4.78, 5) is 22.0. The molecule has 1 aromatic rings. The van der Waals surface area contributed by atoms with Crippen LogP contribution in [0.2, 0.25) is 0 Å². The van der Waals surface area contributed by atoms with Crippen molar-refractivity contribution in [2.75, 3.05) is 47.0 Å². The number of carbonyl (C=O) groups excluding carboxylic acids is 1. The van der Waals surface area contributed by atoms with E-state index in [4.69, 9.17) is 21.7 Å². The van der Waals surface area contributed by atoms with Crippen molar-refractivity contribution in [2.24, 2.45) is 11.3 Å². The van der Waals surface area contributed by atoms with E-state index in [1.165, 1.54) is 0 Å². The number of hydrogen-bond donors (Lipinski definition) is 2. The van der Waals surface area contributed by atoms with E-state index in [1.807, 2.05) is 11.9 Å². The predicted octanol–water partition coefficient (Wildman–Crippen LogP) is 3.38. The number of thiocarbonyl (C=S) groups is 1. The zero-order valence-corrected chi connectivity index (χ0v) is 24.7. The Morgan fingerprint density at radius 1 is 1.38 bits per heavy atom. The van der Waals surface area contributed by atoms with Crippen LogP contribution in [0, 0.1) is 11.3 Å². The number of carbonyl (C=O) groups is 1. The molecule has 0 bridgehead atoms. The third kappa shape index (κ3) is 7.24. The van der Waals surface area contributed by atoms with Gasteiger partial charge in [0.2, 0.25) is 5.91 Å². The van der Waals surface area contributed by atoms with E-state index in [2.05, 4.69) is 29.5 Å². The van der Waals surface area contributed by atoms with Crippen LogP contribution in [0.1, 0.15) is 56.4 Å². The smallest absolute Gasteiger partial charge is 0.379 e. The molecule has 3 heterocycles. The van der Waals surface area contributed by atoms with Crippen LogP contribution in [-0.4, -0.2) is 91.0 Å². The summed E-state index contributed by atoms with van der Waals surface area (Å²) in [6.07, 6.45) is -0.310. The summed E-state index contributed by atoms with van der Waals surface area (Å²) in [5, 5.41) is 7.61. The van der Waals surface area contributed by atoms with Crippen molar-refractivity contribution in [3.63, 3.8) is 0 Å². The highest BCUT2D eigenvalue weighted by Crippen LogP contribution is 2.42. The Labute approximate surface area is 240 Å². The van der Waals surface area contributed by atoms with Crippen LogP contribution in [0.5, 0.6) is 0 Å². The molecule has 2 unspecified atom stereocenters. The van der Waals surface area contributed by atoms with Gasteiger partial charge in [-0.2, -0.15) is 13.2 Å². The molecule has 2 N–H and O–H groups in total. The number of nitrogens with zero attached hydrogens (tertiary/aromatic N) is 3. The summed E-state index contributed by atoms with van der Waals surface area (Å²) in [7, 11) is 3.58. The molecular formula is C28H42F3N5O3S. The fourth-order valence-electron chi connectivity index (χ4n) is 6.15. The quantitative estimate of drug-likeness (QED) is 0.450. The fourth-order valence-corrected chi connectivity index (χ4v) is 6.30. The molecule has 1 saturated carbocycles. The van der Waals surface area contributed by atoms with E-state index in [1.54, 1.807) is 12.0 Å². The van der Waals surface area contributed by atoms with Crippen molar-refractivity contribution >= 4 is 23.2 Å². The number of amides is 1. The highest BCUT2D eigenvalue weighted by atomic mass is 32.1. The van der Waals surface area contributed by atoms with Crippen LogP contribution < -0.4 is 10.6 Å². The third-order valence-electron chi connectivity index (χ3n) is 8.32. The van der Waals surface area contributed by atoms with E-state index in [9.17, 15) is 18.0 Å². The lowest BCUT2D eigenvalue weighted by Crippen LogP contribution is -2.54. The number of halogens is 3. The molecule has 1 aliphatic carbocycles. The molecule has 4 atom stereocenters. The first kappa shape index (κ1) is 30.9. The Morgan fingerprint density at radius 2 is 2.15 bits per heavy atom. The van der Waals surface area contributed by atoms with E-state index in [-0.39, 0.29) is 30.6 Å². The van der Waals surface area contributed by atoms with Gasteiger partial charge >= 0.3 is 6.18 Å². The minimum atomic E-state index is -4.48. The molecule has 1 amide bonds. The largest absolute Gasteiger partial charge is 0.417 e. The first-order valence-electron chi connectivity index (χ1n) is 14.1. The predicted molar refractivity (Wildman–Crippen MR) is 150 cm³/mol. The van der Waals surface area contributed by atoms with Gasteiger partial charge in [-0.05, 0) is 55.4 Å². The van der Waals surface area contributed by atoms with Crippen LogP contribution >= 0.6 is 12.2 Å². The topological polar surface area (TPSA) is 79.0 Å². The van der Waals surface area contributed by atoms with Gasteiger partial charge in [0.05, 0.1) is 23.7 Å². The van der Waals surface area contributed by atoms with Gasteiger partial charge in [0.1, 0.15) is 0 Å². The van der Waals surface area contributed by atoms with Gasteiger partial charge in [0.15, 0.2) is 5.11 Å². The van der Waals surface area contributed by atoms with Crippen LogP contribution in [0.4, 0.5) is 13.2 Å². The Bertz CT molecular complexity index is 1060. The van der Waals surface area contributed by atoms with Gasteiger partial charge < -0.3 is 29.9 Å². The lowest BCUT2D eigenvalue weighted by molar-refractivity contribution is -0.143. The second-order valence-electron chi connectivity index (χ2n) is 11.9. The zero-order chi connectivity index (χ0) is 29.1. The normalized spacial score (nSPS) is 27.0. The van der Waals surface area contributed by atoms with Crippen molar-refractivity contribution in [3.05, 3.63) is 29.1 Å². The van der Waals surface area contributed by atoms with Crippen molar-refractivity contribution in [3.8, 4) is 0 Å². The van der Waals surface area contributed by atoms with Crippen LogP contribution in [-0.2, 0) is 33.4 Å². The SMILES string of the molecule is COC1COCCC1N[C@@H]1CC[C@](CN(C)C(=S)NCC(C)C)(C(=O)N2CCc3ncc(C(F)(F)F)cc3C2)C1. The number of methoxy groups -OCH3 is 1. The van der Waals surface area contributed by atoms with Gasteiger partial charge in [-0.15, -0.1) is 0 Å². The van der Waals surface area contributed by atoms with Crippen LogP contribution in [0.25, 0.3) is 0 Å². The molecule has 2 fully saturated rings. The Kier molecular flexibility index (Phi) is 9.95. The van der Waals surface area contributed by atoms with Crippen LogP contribution in [0.3, 0.4) is 0 Å². The Hall–Kier alpha value is -2.02. The molecule has 1 saturated heterocycles. The molecule has 4 rings (SSSR count). The number of pyridine rings is 1. The molecule has 224 valence electrons. The number of hydrogen-bond acceptors (Lipinski definition) is 6. The number of aromatic nitrogens is 1. The number of ether oxygens (including phenoxy) is 2. The highest BCUT2D eigenvalue weighted by Gasteiger charge is 2.49. The minimum absolute atomic E-state index is 0.0337. The molecule has 12 heteroatoms. The first-order valence-corrected chi connectivity index (χ1v) is 14.5. The van der Waals surface area contributed by atoms with E-state index in [0.717, 1.165) is 31.6 Å². The summed E-state index contributed by atoms with van der Waals surface area (Å²) < 4.78 is 51.3. The van der Waals surface area contributed by atoms with Crippen molar-refractivity contribution in [1.82, 2.24) is 25.4 Å². The minimum Gasteiger partial charge on any atom is -0.379 e. The number of fused-ring (bicyclic) bond motifs is 1. The van der Waals surface area contributed by atoms with E-state index >= 15 is 0 Å². The monoisotopic (exact) mass is 585 g/mol. The van der Waals surface area contributed by atoms with Gasteiger partial charge in [-0.3, -0.25) is 9.78 Å². The summed E-state index contributed by atoms with van der Waals surface area (Å²) >= 11 is 5.64. The van der Waals surface area contributed by atoms with Crippen LogP contribution in [0.15, 0.2) is 12.3 Å². The summed E-state index contributed by atoms with van der Waals surface area (Å²) in [6.45, 7) is 7.10. The standard InChI is InChI=1S/C28H42F3N5O3S/c1-18(2)13-33-26(40)35(3)17-27(8-5-21(12-27)34-23-7-10-39-16-24(23)38-4)25(37)36-9-6-22-19(15-36)11-20(14-32-22)28(29,30)31/h11,14,18,21,23-24,34H,5-10,12-13,15-17H2,1-4H3,(H,33,40)/t21-,23?,24?,27+/m1/s1. The molecule has 2 aliphatic heterocycles. The fraction of sp³-hybridized carbons (Fsp3) is 0.750. The molecule has 0 spiro atoms. The lowest BCUT2D eigenvalue weighted by atomic mass is 9.82. The summed E-state index contributed by atoms with van der Waals surface area (Å²) in [5.41, 5.74) is -0.426. The second-order valence-corrected chi connectivity index (χ2v) is 12.3. The molecule has 0 radical (unpaired) electrons. The maximum atomic E-state index is 14.3. The zero-order valence-electron chi connectivity index (χ0n) is 23.9. The molecule has 3 aliphatic rings. The van der Waals surface area contributed by atoms with E-state index < -0.39 is 17.2 Å². The van der Waals surface area contributed by atoms with Crippen molar-refractivity contribution < 1.29 is 27.4 Å². The maximum Gasteiger partial charge on any atom is 0.417 e. The second kappa shape index (κ2) is 12.9. The number of nitrogens with one attached hydrogen (secondary N) is 2. The Balaban J connectivity index is 1.53. The van der Waals surface area contributed by atoms with Crippen molar-refractivity contribution in [1.29, 1.82) is 0 Å². The molecule has 40 heavy (non-hydrogen) atoms. The number of alkyl halides is 3. The van der Waals surface area contributed by atoms with Crippen molar-refractivity contribution in [2.45, 2.75) is 76.9 Å². The molecule has 8 nitrogen and oxygen atoms in total. The average Bonchev–Trinajstić information content (AvgIpc) is 3.33. The molecular weight excluding hydrogens is 543 g/mol. The maximum absolute atomic E-state index is 14.3. The number of rotatable bonds is 8. The molecule has 1 aromatic heterocycles. The first-order chi connectivity index (χ1) is 18.9.